The molecule has 0 bridgehead atoms. The van der Waals surface area contributed by atoms with E-state index < -0.39 is 6.04 Å². The first kappa shape index (κ1) is 26.6. The molecule has 1 N–H and O–H groups in total. The van der Waals surface area contributed by atoms with E-state index in [-0.39, 0.29) is 24.1 Å². The van der Waals surface area contributed by atoms with Crippen molar-refractivity contribution in [2.75, 3.05) is 19.6 Å². The van der Waals surface area contributed by atoms with Crippen molar-refractivity contribution in [3.05, 3.63) is 69.8 Å². The SMILES string of the molecule is CC1(C)CCC(CN2CC(Sc3ccc4c(c3)C(=O)N(C3CCC(=O)NC3=O)C4)C2)=C(c2ccc(Cl)cc2)C1. The van der Waals surface area contributed by atoms with Gasteiger partial charge in [-0.3, -0.25) is 24.6 Å². The summed E-state index contributed by atoms with van der Waals surface area (Å²) in [7, 11) is 0. The molecule has 8 heteroatoms. The summed E-state index contributed by atoms with van der Waals surface area (Å²) in [6.07, 6.45) is 4.10. The predicted molar refractivity (Wildman–Crippen MR) is 155 cm³/mol. The zero-order valence-electron chi connectivity index (χ0n) is 22.5. The van der Waals surface area contributed by atoms with Gasteiger partial charge in [0.2, 0.25) is 11.8 Å². The highest BCUT2D eigenvalue weighted by Gasteiger charge is 2.39. The number of thioether (sulfide) groups is 1. The first-order valence-electron chi connectivity index (χ1n) is 13.8. The van der Waals surface area contributed by atoms with Gasteiger partial charge in [-0.05, 0) is 72.1 Å². The first-order valence-corrected chi connectivity index (χ1v) is 15.0. The van der Waals surface area contributed by atoms with Crippen LogP contribution >= 0.6 is 23.4 Å². The van der Waals surface area contributed by atoms with Crippen molar-refractivity contribution in [3.63, 3.8) is 0 Å². The molecule has 0 saturated carbocycles. The van der Waals surface area contributed by atoms with Crippen molar-refractivity contribution < 1.29 is 14.4 Å². The highest BCUT2D eigenvalue weighted by molar-refractivity contribution is 8.00. The maximum Gasteiger partial charge on any atom is 0.255 e. The number of nitrogens with zero attached hydrogens (tertiary/aromatic N) is 2. The minimum atomic E-state index is -0.573. The second-order valence-electron chi connectivity index (χ2n) is 12.1. The first-order chi connectivity index (χ1) is 18.6. The number of hydrogen-bond acceptors (Lipinski definition) is 5. The maximum absolute atomic E-state index is 13.2. The van der Waals surface area contributed by atoms with Gasteiger partial charge in [0.25, 0.3) is 5.91 Å². The van der Waals surface area contributed by atoms with E-state index in [4.69, 9.17) is 11.6 Å². The van der Waals surface area contributed by atoms with Crippen molar-refractivity contribution in [1.82, 2.24) is 15.1 Å². The number of allylic oxidation sites excluding steroid dienone is 1. The van der Waals surface area contributed by atoms with Crippen molar-refractivity contribution in [1.29, 1.82) is 0 Å². The minimum absolute atomic E-state index is 0.112. The molecular weight excluding hydrogens is 530 g/mol. The maximum atomic E-state index is 13.2. The van der Waals surface area contributed by atoms with E-state index in [1.54, 1.807) is 10.5 Å². The number of carbonyl (C=O) groups is 3. The molecular formula is C31H34ClN3O3S. The van der Waals surface area contributed by atoms with Gasteiger partial charge in [-0.2, -0.15) is 0 Å². The molecule has 2 fully saturated rings. The molecule has 2 aromatic carbocycles. The van der Waals surface area contributed by atoms with Crippen LogP contribution in [0.25, 0.3) is 5.57 Å². The molecule has 39 heavy (non-hydrogen) atoms. The van der Waals surface area contributed by atoms with E-state index in [9.17, 15) is 14.4 Å². The molecule has 2 aromatic rings. The van der Waals surface area contributed by atoms with Crippen LogP contribution in [0.2, 0.25) is 5.02 Å². The molecule has 6 rings (SSSR count). The highest BCUT2D eigenvalue weighted by Crippen LogP contribution is 2.44. The second-order valence-corrected chi connectivity index (χ2v) is 13.9. The molecule has 1 aliphatic carbocycles. The number of hydrogen-bond donors (Lipinski definition) is 1. The van der Waals surface area contributed by atoms with Crippen LogP contribution in [0.3, 0.4) is 0 Å². The molecule has 4 aliphatic rings. The van der Waals surface area contributed by atoms with Crippen LogP contribution in [-0.4, -0.2) is 58.4 Å². The topological polar surface area (TPSA) is 69.7 Å². The van der Waals surface area contributed by atoms with E-state index in [1.165, 1.54) is 17.6 Å². The summed E-state index contributed by atoms with van der Waals surface area (Å²) >= 11 is 7.99. The van der Waals surface area contributed by atoms with E-state index in [1.807, 2.05) is 36.0 Å². The number of carbonyl (C=O) groups excluding carboxylic acids is 3. The van der Waals surface area contributed by atoms with Crippen LogP contribution in [0.15, 0.2) is 52.9 Å². The van der Waals surface area contributed by atoms with Crippen molar-refractivity contribution >= 4 is 46.7 Å². The number of nitrogens with one attached hydrogen (secondary N) is 1. The number of imide groups is 1. The third-order valence-electron chi connectivity index (χ3n) is 8.52. The van der Waals surface area contributed by atoms with Crippen LogP contribution in [-0.2, 0) is 16.1 Å². The van der Waals surface area contributed by atoms with Gasteiger partial charge in [0.1, 0.15) is 6.04 Å². The molecule has 0 spiro atoms. The number of benzene rings is 2. The lowest BCUT2D eigenvalue weighted by Gasteiger charge is -2.42. The quantitative estimate of drug-likeness (QED) is 0.467. The van der Waals surface area contributed by atoms with Gasteiger partial charge in [-0.25, -0.2) is 0 Å². The number of likely N-dealkylation sites (tertiary alicyclic amines) is 1. The number of halogens is 1. The largest absolute Gasteiger partial charge is 0.322 e. The summed E-state index contributed by atoms with van der Waals surface area (Å²) in [5, 5.41) is 3.63. The van der Waals surface area contributed by atoms with E-state index in [2.05, 4.69) is 42.3 Å². The van der Waals surface area contributed by atoms with Gasteiger partial charge in [-0.1, -0.05) is 49.2 Å². The Morgan fingerprint density at radius 3 is 2.56 bits per heavy atom. The average Bonchev–Trinajstić information content (AvgIpc) is 3.19. The third kappa shape index (κ3) is 5.54. The van der Waals surface area contributed by atoms with Gasteiger partial charge in [0.15, 0.2) is 0 Å². The van der Waals surface area contributed by atoms with Crippen LogP contribution in [0.5, 0.6) is 0 Å². The molecule has 3 aliphatic heterocycles. The Morgan fingerprint density at radius 1 is 1.05 bits per heavy atom. The Morgan fingerprint density at radius 2 is 1.82 bits per heavy atom. The van der Waals surface area contributed by atoms with Crippen molar-refractivity contribution in [2.45, 2.75) is 68.7 Å². The van der Waals surface area contributed by atoms with E-state index in [0.717, 1.165) is 48.0 Å². The summed E-state index contributed by atoms with van der Waals surface area (Å²) in [6, 6.07) is 13.8. The molecule has 6 nitrogen and oxygen atoms in total. The van der Waals surface area contributed by atoms with Gasteiger partial charge in [-0.15, -0.1) is 11.8 Å². The predicted octanol–water partition coefficient (Wildman–Crippen LogP) is 5.54. The van der Waals surface area contributed by atoms with Gasteiger partial charge >= 0.3 is 0 Å². The van der Waals surface area contributed by atoms with E-state index >= 15 is 0 Å². The zero-order chi connectivity index (χ0) is 27.3. The molecule has 0 aromatic heterocycles. The number of rotatable bonds is 6. The van der Waals surface area contributed by atoms with Crippen molar-refractivity contribution in [2.24, 2.45) is 5.41 Å². The molecule has 3 heterocycles. The standard InChI is InChI=1S/C31H34ClN3O3S/c1-31(2)12-11-21(26(14-31)19-3-6-22(32)7-4-19)15-34-17-24(18-34)39-23-8-5-20-16-35(30(38)25(20)13-23)27-9-10-28(36)33-29(27)37/h3-8,13,24,27H,9-12,14-18H2,1-2H3,(H,33,36,37). The van der Waals surface area contributed by atoms with Crippen LogP contribution in [0.4, 0.5) is 0 Å². The lowest BCUT2D eigenvalue weighted by molar-refractivity contribution is -0.136. The number of amides is 3. The van der Waals surface area contributed by atoms with Crippen molar-refractivity contribution in [3.8, 4) is 0 Å². The highest BCUT2D eigenvalue weighted by atomic mass is 35.5. The fraction of sp³-hybridized carbons (Fsp3) is 0.452. The number of fused-ring (bicyclic) bond motifs is 1. The fourth-order valence-corrected chi connectivity index (χ4v) is 7.67. The lowest BCUT2D eigenvalue weighted by Crippen LogP contribution is -2.52. The van der Waals surface area contributed by atoms with Gasteiger partial charge in [0, 0.05) is 53.3 Å². The minimum Gasteiger partial charge on any atom is -0.322 e. The monoisotopic (exact) mass is 563 g/mol. The summed E-state index contributed by atoms with van der Waals surface area (Å²) in [4.78, 5) is 42.2. The third-order valence-corrected chi connectivity index (χ3v) is 9.93. The average molecular weight is 564 g/mol. The summed E-state index contributed by atoms with van der Waals surface area (Å²) < 4.78 is 0. The Kier molecular flexibility index (Phi) is 7.11. The van der Waals surface area contributed by atoms with Gasteiger partial charge < -0.3 is 4.90 Å². The lowest BCUT2D eigenvalue weighted by atomic mass is 9.72. The van der Waals surface area contributed by atoms with Gasteiger partial charge in [0.05, 0.1) is 0 Å². The molecule has 1 unspecified atom stereocenters. The summed E-state index contributed by atoms with van der Waals surface area (Å²) in [6.45, 7) is 8.21. The summed E-state index contributed by atoms with van der Waals surface area (Å²) in [5.74, 6) is -0.745. The smallest absolute Gasteiger partial charge is 0.255 e. The zero-order valence-corrected chi connectivity index (χ0v) is 24.0. The van der Waals surface area contributed by atoms with Crippen LogP contribution in [0.1, 0.15) is 67.4 Å². The molecule has 3 amide bonds. The number of piperidine rings is 1. The van der Waals surface area contributed by atoms with E-state index in [0.29, 0.717) is 29.2 Å². The fourth-order valence-electron chi connectivity index (χ4n) is 6.26. The van der Waals surface area contributed by atoms with Crippen LogP contribution < -0.4 is 5.32 Å². The Hall–Kier alpha value is -2.61. The second kappa shape index (κ2) is 10.4. The Labute approximate surface area is 239 Å². The molecule has 2 saturated heterocycles. The Bertz CT molecular complexity index is 1360. The molecule has 0 radical (unpaired) electrons. The van der Waals surface area contributed by atoms with Crippen LogP contribution in [0, 0.1) is 5.41 Å². The normalized spacial score (nSPS) is 23.6. The Balaban J connectivity index is 1.08. The molecule has 1 atom stereocenters. The molecule has 204 valence electrons. The summed E-state index contributed by atoms with van der Waals surface area (Å²) in [5.41, 5.74) is 6.27.